The van der Waals surface area contributed by atoms with Crippen molar-refractivity contribution in [3.8, 4) is 0 Å². The van der Waals surface area contributed by atoms with Gasteiger partial charge in [-0.15, -0.1) is 5.68 Å². The number of rotatable bonds is 0. The molecule has 0 aromatic carbocycles. The Kier molecular flexibility index (Phi) is 1.03. The van der Waals surface area contributed by atoms with E-state index in [0.717, 1.165) is 0 Å². The van der Waals surface area contributed by atoms with E-state index in [0.29, 0.717) is 0 Å². The van der Waals surface area contributed by atoms with Crippen molar-refractivity contribution in [2.45, 2.75) is 6.92 Å². The van der Waals surface area contributed by atoms with E-state index in [1.165, 1.54) is 6.92 Å². The Morgan fingerprint density at radius 3 is 2.00 bits per heavy atom. The predicted octanol–water partition coefficient (Wildman–Crippen LogP) is -0.299. The first kappa shape index (κ1) is 3.73. The molecule has 0 N–H and O–H groups in total. The van der Waals surface area contributed by atoms with Crippen LogP contribution in [0.15, 0.2) is 0 Å². The highest BCUT2D eigenvalue weighted by molar-refractivity contribution is 6.56. The summed E-state index contributed by atoms with van der Waals surface area (Å²) in [6.07, 6.45) is 0. The molecule has 0 saturated heterocycles. The van der Waals surface area contributed by atoms with E-state index >= 15 is 0 Å². The average molecular weight is 53.9 g/mol. The lowest BCUT2D eigenvalue weighted by Crippen LogP contribution is -1.80. The van der Waals surface area contributed by atoms with Crippen molar-refractivity contribution in [2.75, 3.05) is 0 Å². The van der Waals surface area contributed by atoms with Crippen LogP contribution in [0.3, 0.4) is 0 Å². The molecule has 0 unspecified atom stereocenters. The molecule has 0 amide bonds. The Morgan fingerprint density at radius 1 is 2.00 bits per heavy atom. The van der Waals surface area contributed by atoms with Gasteiger partial charge in [0.15, 0.2) is 0 Å². The van der Waals surface area contributed by atoms with Crippen LogP contribution < -0.4 is 0 Å². The number of carbonyl (C=O) groups excluding carboxylic acids is 1. The molecule has 0 bridgehead atoms. The molecule has 0 aliphatic heterocycles. The number of carbonyl (C=O) groups is 1. The minimum absolute atomic E-state index is 0.333. The van der Waals surface area contributed by atoms with Gasteiger partial charge in [-0.05, 0) is 0 Å². The van der Waals surface area contributed by atoms with Crippen LogP contribution in [0.25, 0.3) is 0 Å². The van der Waals surface area contributed by atoms with Crippen molar-refractivity contribution in [1.82, 2.24) is 0 Å². The summed E-state index contributed by atoms with van der Waals surface area (Å²) in [6.45, 7) is 1.31. The molecule has 0 aromatic rings. The predicted molar refractivity (Wildman–Crippen MR) is 16.4 cm³/mol. The fourth-order valence-electron chi connectivity index (χ4n) is 0. The lowest BCUT2D eigenvalue weighted by molar-refractivity contribution is -0.109. The molecular formula is C2H3BO-. The van der Waals surface area contributed by atoms with E-state index < -0.39 is 0 Å². The molecule has 0 fully saturated rings. The van der Waals surface area contributed by atoms with E-state index in [1.54, 1.807) is 0 Å². The van der Waals surface area contributed by atoms with Crippen LogP contribution in [0.5, 0.6) is 0 Å². The highest BCUT2D eigenvalue weighted by Crippen LogP contribution is 1.40. The van der Waals surface area contributed by atoms with Gasteiger partial charge >= 0.3 is 0 Å². The number of hydrogen-bond acceptors (Lipinski definition) is 1. The highest BCUT2D eigenvalue weighted by atomic mass is 16.1. The van der Waals surface area contributed by atoms with Gasteiger partial charge in [0.05, 0.1) is 0 Å². The zero-order chi connectivity index (χ0) is 3.58. The molecule has 3 radical (unpaired) electrons. The van der Waals surface area contributed by atoms with Gasteiger partial charge in [-0.3, -0.25) is 0 Å². The summed E-state index contributed by atoms with van der Waals surface area (Å²) in [5.74, 6) is 0. The van der Waals surface area contributed by atoms with Crippen molar-refractivity contribution in [2.24, 2.45) is 0 Å². The monoisotopic (exact) mass is 54.0 g/mol. The summed E-state index contributed by atoms with van der Waals surface area (Å²) in [7, 11) is 4.47. The molecular weight excluding hydrogens is 50.8 g/mol. The van der Waals surface area contributed by atoms with Crippen LogP contribution in [-0.2, 0) is 4.79 Å². The normalized spacial score (nSPS) is 6.50. The SMILES string of the molecule is [B-]C(C)=O. The van der Waals surface area contributed by atoms with Crippen molar-refractivity contribution < 1.29 is 4.79 Å². The van der Waals surface area contributed by atoms with Gasteiger partial charge in [0, 0.05) is 0 Å². The summed E-state index contributed by atoms with van der Waals surface area (Å²) >= 11 is 0. The topological polar surface area (TPSA) is 17.1 Å². The molecule has 2 heteroatoms. The van der Waals surface area contributed by atoms with Crippen LogP contribution in [0.1, 0.15) is 6.92 Å². The first-order valence-corrected chi connectivity index (χ1v) is 0.993. The maximum absolute atomic E-state index is 9.22. The third-order valence-corrected chi connectivity index (χ3v) is 0. The molecule has 0 rings (SSSR count). The van der Waals surface area contributed by atoms with Crippen LogP contribution in [0.2, 0.25) is 0 Å². The van der Waals surface area contributed by atoms with Crippen LogP contribution in [-0.4, -0.2) is 13.5 Å². The summed E-state index contributed by atoms with van der Waals surface area (Å²) in [4.78, 5) is 9.22. The zero-order valence-corrected chi connectivity index (χ0v) is 2.49. The Labute approximate surface area is 26.4 Å². The summed E-state index contributed by atoms with van der Waals surface area (Å²) in [5.41, 5.74) is -0.333. The van der Waals surface area contributed by atoms with Gasteiger partial charge in [0.25, 0.3) is 0 Å². The summed E-state index contributed by atoms with van der Waals surface area (Å²) < 4.78 is 0. The largest absolute Gasteiger partial charge is 0.528 e. The molecule has 0 atom stereocenters. The second-order valence-electron chi connectivity index (χ2n) is 0.611. The fraction of sp³-hybridized carbons (Fsp3) is 0.500. The summed E-state index contributed by atoms with van der Waals surface area (Å²) in [6, 6.07) is 0. The molecule has 0 spiro atoms. The Hall–Kier alpha value is -0.265. The van der Waals surface area contributed by atoms with E-state index in [-0.39, 0.29) is 5.68 Å². The van der Waals surface area contributed by atoms with E-state index in [4.69, 9.17) is 0 Å². The minimum atomic E-state index is -0.333. The second kappa shape index (κ2) is 1.10. The molecule has 0 heterocycles. The quantitative estimate of drug-likeness (QED) is 0.347. The average Bonchev–Trinajstić information content (AvgIpc) is 0.811. The fourth-order valence-corrected chi connectivity index (χ4v) is 0. The van der Waals surface area contributed by atoms with E-state index in [1.807, 2.05) is 0 Å². The third-order valence-electron chi connectivity index (χ3n) is 0. The molecule has 0 aliphatic rings. The molecule has 4 heavy (non-hydrogen) atoms. The van der Waals surface area contributed by atoms with Crippen LogP contribution in [0, 0.1) is 0 Å². The van der Waals surface area contributed by atoms with E-state index in [2.05, 4.69) is 7.85 Å². The standard InChI is InChI=1S/C2H3BO/c1-2(3)4/h1H3/q-1. The van der Waals surface area contributed by atoms with Gasteiger partial charge in [-0.2, -0.15) is 0 Å². The molecule has 0 aromatic heterocycles. The zero-order valence-electron chi connectivity index (χ0n) is 2.49. The van der Waals surface area contributed by atoms with Crippen molar-refractivity contribution >= 4 is 13.5 Å². The Balaban J connectivity index is 2.80. The Morgan fingerprint density at radius 2 is 2.00 bits per heavy atom. The van der Waals surface area contributed by atoms with Crippen molar-refractivity contribution in [1.29, 1.82) is 0 Å². The molecule has 0 aliphatic carbocycles. The first-order valence-electron chi connectivity index (χ1n) is 0.993. The lowest BCUT2D eigenvalue weighted by Gasteiger charge is -1.82. The first-order chi connectivity index (χ1) is 1.73. The maximum atomic E-state index is 9.22. The smallest absolute Gasteiger partial charge is 0.0535 e. The third kappa shape index (κ3) is 13.3. The maximum Gasteiger partial charge on any atom is -0.0535 e. The van der Waals surface area contributed by atoms with Crippen molar-refractivity contribution in [3.05, 3.63) is 0 Å². The summed E-state index contributed by atoms with van der Waals surface area (Å²) in [5, 5.41) is 0. The van der Waals surface area contributed by atoms with Crippen LogP contribution in [0.4, 0.5) is 0 Å². The lowest BCUT2D eigenvalue weighted by atomic mass is 10.1. The van der Waals surface area contributed by atoms with Crippen LogP contribution >= 0.6 is 0 Å². The Bertz CT molecular complexity index is 29.0. The van der Waals surface area contributed by atoms with Gasteiger partial charge in [0.1, 0.15) is 0 Å². The van der Waals surface area contributed by atoms with Gasteiger partial charge in [-0.25, -0.2) is 0 Å². The van der Waals surface area contributed by atoms with Gasteiger partial charge in [-0.1, -0.05) is 6.92 Å². The number of hydrogen-bond donors (Lipinski definition) is 0. The molecule has 0 saturated carbocycles. The molecule has 21 valence electrons. The van der Waals surface area contributed by atoms with E-state index in [9.17, 15) is 4.79 Å². The highest BCUT2D eigenvalue weighted by Gasteiger charge is 1.37. The van der Waals surface area contributed by atoms with Gasteiger partial charge in [0.2, 0.25) is 0 Å². The minimum Gasteiger partial charge on any atom is -0.528 e. The molecule has 1 nitrogen and oxygen atoms in total. The van der Waals surface area contributed by atoms with Crippen molar-refractivity contribution in [3.63, 3.8) is 0 Å². The van der Waals surface area contributed by atoms with Gasteiger partial charge < -0.3 is 12.6 Å². The second-order valence-corrected chi connectivity index (χ2v) is 0.611.